The van der Waals surface area contributed by atoms with E-state index in [2.05, 4.69) is 140 Å². The molecule has 0 N–H and O–H groups in total. The zero-order chi connectivity index (χ0) is 32.9. The number of hydrogen-bond acceptors (Lipinski definition) is 0. The average Bonchev–Trinajstić information content (AvgIpc) is 3.98. The lowest BCUT2D eigenvalue weighted by Crippen LogP contribution is -2.32. The Balaban J connectivity index is 1.31. The number of rotatable bonds is 6. The van der Waals surface area contributed by atoms with Crippen molar-refractivity contribution in [2.24, 2.45) is 11.8 Å². The summed E-state index contributed by atoms with van der Waals surface area (Å²) in [6, 6.07) is 33.5. The fourth-order valence-electron chi connectivity index (χ4n) is 8.89. The van der Waals surface area contributed by atoms with Crippen LogP contribution >= 0.6 is 0 Å². The molecule has 0 atom stereocenters. The van der Waals surface area contributed by atoms with Gasteiger partial charge in [-0.15, -0.1) is 0 Å². The Morgan fingerprint density at radius 1 is 0.489 bits per heavy atom. The van der Waals surface area contributed by atoms with E-state index in [9.17, 15) is 0 Å². The molecule has 8 rings (SSSR count). The minimum Gasteiger partial charge on any atom is -0.0624 e. The monoisotopic (exact) mass is 632 g/mol. The van der Waals surface area contributed by atoms with Crippen molar-refractivity contribution in [1.82, 2.24) is 0 Å². The first-order chi connectivity index (χ1) is 22.3. The topological polar surface area (TPSA) is 0 Å². The summed E-state index contributed by atoms with van der Waals surface area (Å²) >= 11 is 0. The third-order valence-electron chi connectivity index (χ3n) is 11.7. The highest BCUT2D eigenvalue weighted by molar-refractivity contribution is 7.09. The van der Waals surface area contributed by atoms with Crippen LogP contribution in [0.4, 0.5) is 0 Å². The van der Waals surface area contributed by atoms with Gasteiger partial charge in [0, 0.05) is 0 Å². The van der Waals surface area contributed by atoms with E-state index in [1.807, 2.05) is 0 Å². The molecule has 4 aliphatic rings. The summed E-state index contributed by atoms with van der Waals surface area (Å²) in [4.78, 5) is 0. The first kappa shape index (κ1) is 30.9. The second-order valence-corrected chi connectivity index (χ2v) is 21.9. The van der Waals surface area contributed by atoms with Crippen LogP contribution in [-0.4, -0.2) is 8.07 Å². The van der Waals surface area contributed by atoms with E-state index in [0.29, 0.717) is 0 Å². The van der Waals surface area contributed by atoms with E-state index in [1.54, 1.807) is 43.8 Å². The molecule has 0 saturated heterocycles. The van der Waals surface area contributed by atoms with Gasteiger partial charge < -0.3 is 0 Å². The summed E-state index contributed by atoms with van der Waals surface area (Å²) in [5, 5.41) is 3.56. The van der Waals surface area contributed by atoms with Crippen molar-refractivity contribution in [2.45, 2.75) is 104 Å². The van der Waals surface area contributed by atoms with Gasteiger partial charge in [0.2, 0.25) is 0 Å². The maximum absolute atomic E-state index is 2.73. The molecule has 0 spiro atoms. The molecule has 0 amide bonds. The van der Waals surface area contributed by atoms with Crippen molar-refractivity contribution in [1.29, 1.82) is 0 Å². The van der Waals surface area contributed by atoms with E-state index in [1.165, 1.54) is 59.1 Å². The van der Waals surface area contributed by atoms with Gasteiger partial charge in [0.25, 0.3) is 0 Å². The van der Waals surface area contributed by atoms with Gasteiger partial charge in [-0.2, -0.15) is 0 Å². The molecular weight excluding hydrogens is 581 g/mol. The highest BCUT2D eigenvalue weighted by Gasteiger charge is 2.47. The molecule has 47 heavy (non-hydrogen) atoms. The van der Waals surface area contributed by atoms with Crippen molar-refractivity contribution < 1.29 is 0 Å². The zero-order valence-corrected chi connectivity index (χ0v) is 31.0. The van der Waals surface area contributed by atoms with Gasteiger partial charge >= 0.3 is 0 Å². The summed E-state index contributed by atoms with van der Waals surface area (Å²) in [5.41, 5.74) is 18.7. The Morgan fingerprint density at radius 3 is 1.17 bits per heavy atom. The second-order valence-electron chi connectivity index (χ2n) is 17.7. The van der Waals surface area contributed by atoms with Gasteiger partial charge in [-0.1, -0.05) is 151 Å². The van der Waals surface area contributed by atoms with Crippen molar-refractivity contribution >= 4 is 18.5 Å². The van der Waals surface area contributed by atoms with Crippen molar-refractivity contribution in [3.63, 3.8) is 0 Å². The van der Waals surface area contributed by atoms with Gasteiger partial charge in [0.15, 0.2) is 0 Å². The lowest BCUT2D eigenvalue weighted by atomic mass is 9.86. The molecule has 0 unspecified atom stereocenters. The van der Waals surface area contributed by atoms with E-state index in [4.69, 9.17) is 0 Å². The zero-order valence-electron chi connectivity index (χ0n) is 30.0. The minimum absolute atomic E-state index is 0.155. The molecule has 0 aromatic heterocycles. The summed E-state index contributed by atoms with van der Waals surface area (Å²) in [5.74, 6) is 1.54. The lowest BCUT2D eigenvalue weighted by Gasteiger charge is -2.33. The highest BCUT2D eigenvalue weighted by atomic mass is 28.3. The SMILES string of the molecule is CC(C)(C)c1ccc(-c2cccc3c2C([Si](C)(C)C2=C(C4CC4)Cc4cccc(-c5ccc(C(C)(C)C)cc5)c42)=C(C2CC2)C3)cc1. The third-order valence-corrected chi connectivity index (χ3v) is 15.4. The van der Waals surface area contributed by atoms with Crippen LogP contribution in [0.1, 0.15) is 101 Å². The van der Waals surface area contributed by atoms with Gasteiger partial charge in [0.1, 0.15) is 8.07 Å². The van der Waals surface area contributed by atoms with Crippen LogP contribution in [0.5, 0.6) is 0 Å². The van der Waals surface area contributed by atoms with E-state index < -0.39 is 8.07 Å². The van der Waals surface area contributed by atoms with E-state index >= 15 is 0 Å². The predicted octanol–water partition coefficient (Wildman–Crippen LogP) is 12.5. The summed E-state index contributed by atoms with van der Waals surface area (Å²) in [6.45, 7) is 19.4. The van der Waals surface area contributed by atoms with Crippen LogP contribution in [0.25, 0.3) is 32.6 Å². The average molecular weight is 633 g/mol. The molecule has 2 saturated carbocycles. The molecule has 0 nitrogen and oxygen atoms in total. The molecule has 0 radical (unpaired) electrons. The smallest absolute Gasteiger partial charge is 0.0624 e. The van der Waals surface area contributed by atoms with Crippen LogP contribution in [0.2, 0.25) is 13.1 Å². The maximum atomic E-state index is 2.73. The van der Waals surface area contributed by atoms with Crippen LogP contribution in [0, 0.1) is 11.8 Å². The van der Waals surface area contributed by atoms with Crippen LogP contribution < -0.4 is 0 Å². The van der Waals surface area contributed by atoms with Gasteiger partial charge in [0.05, 0.1) is 0 Å². The van der Waals surface area contributed by atoms with Gasteiger partial charge in [-0.05, 0) is 127 Å². The molecule has 4 aromatic rings. The standard InChI is InChI=1S/C46H52Si/c1-45(2,3)35-23-19-29(20-24-35)37-13-9-11-33-27-39(31-15-16-31)43(41(33)37)47(7,8)44-40(32-17-18-32)28-34-12-10-14-38(42(34)44)30-21-25-36(26-22-30)46(4,5)6/h9-14,19-26,31-32H,15-18,27-28H2,1-8H3. The third kappa shape index (κ3) is 5.34. The van der Waals surface area contributed by atoms with Crippen LogP contribution in [0.3, 0.4) is 0 Å². The quantitative estimate of drug-likeness (QED) is 0.186. The fraction of sp³-hybridized carbons (Fsp3) is 0.391. The Morgan fingerprint density at radius 2 is 0.851 bits per heavy atom. The molecule has 4 aliphatic carbocycles. The molecule has 4 aromatic carbocycles. The first-order valence-electron chi connectivity index (χ1n) is 18.3. The molecular formula is C46H52Si. The normalized spacial score (nSPS) is 18.2. The number of fused-ring (bicyclic) bond motifs is 2. The first-order valence-corrected chi connectivity index (χ1v) is 21.3. The second kappa shape index (κ2) is 10.8. The van der Waals surface area contributed by atoms with Crippen molar-refractivity contribution in [3.05, 3.63) is 129 Å². The molecule has 1 heteroatoms. The number of benzene rings is 4. The predicted molar refractivity (Wildman–Crippen MR) is 205 cm³/mol. The highest BCUT2D eigenvalue weighted by Crippen LogP contribution is 2.58. The molecule has 0 aliphatic heterocycles. The van der Waals surface area contributed by atoms with Gasteiger partial charge in [-0.3, -0.25) is 0 Å². The summed E-state index contributed by atoms with van der Waals surface area (Å²) in [7, 11) is -2.16. The number of hydrogen-bond donors (Lipinski definition) is 0. The molecule has 2 fully saturated rings. The molecule has 240 valence electrons. The number of allylic oxidation sites excluding steroid dienone is 2. The van der Waals surface area contributed by atoms with Crippen molar-refractivity contribution in [2.75, 3.05) is 0 Å². The van der Waals surface area contributed by atoms with Crippen molar-refractivity contribution in [3.8, 4) is 22.3 Å². The Hall–Kier alpha value is -3.42. The van der Waals surface area contributed by atoms with Crippen LogP contribution in [-0.2, 0) is 23.7 Å². The lowest BCUT2D eigenvalue weighted by molar-refractivity contribution is 0.590. The summed E-state index contributed by atoms with van der Waals surface area (Å²) < 4.78 is 0. The van der Waals surface area contributed by atoms with E-state index in [-0.39, 0.29) is 10.8 Å². The van der Waals surface area contributed by atoms with Gasteiger partial charge in [-0.25, -0.2) is 0 Å². The maximum Gasteiger partial charge on any atom is 0.113 e. The Kier molecular flexibility index (Phi) is 7.09. The van der Waals surface area contributed by atoms with Crippen LogP contribution in [0.15, 0.2) is 96.1 Å². The Labute approximate surface area is 285 Å². The molecule has 0 bridgehead atoms. The summed E-state index contributed by atoms with van der Waals surface area (Å²) in [6.07, 6.45) is 7.75. The fourth-order valence-corrected chi connectivity index (χ4v) is 13.2. The Bertz CT molecular complexity index is 1800. The largest absolute Gasteiger partial charge is 0.113 e. The van der Waals surface area contributed by atoms with E-state index in [0.717, 1.165) is 24.7 Å². The molecule has 0 heterocycles. The minimum atomic E-state index is -2.16.